The number of unbranched alkanes of at least 4 members (excludes halogenated alkanes) is 2. The molecule has 256 valence electrons. The van der Waals surface area contributed by atoms with E-state index in [0.29, 0.717) is 43.0 Å². The largest absolute Gasteiger partial charge is 0.492 e. The highest BCUT2D eigenvalue weighted by atomic mass is 19.1. The Hall–Kier alpha value is -2.78. The van der Waals surface area contributed by atoms with Crippen molar-refractivity contribution in [1.29, 1.82) is 0 Å². The van der Waals surface area contributed by atoms with Crippen molar-refractivity contribution in [3.05, 3.63) is 65.0 Å². The Labute approximate surface area is 276 Å². The van der Waals surface area contributed by atoms with Crippen LogP contribution in [0.2, 0.25) is 0 Å². The molecule has 3 rings (SSSR count). The number of benzene rings is 2. The minimum Gasteiger partial charge on any atom is -0.492 e. The lowest BCUT2D eigenvalue weighted by Gasteiger charge is -2.31. The average molecular weight is 639 g/mol. The molecule has 2 aromatic rings. The van der Waals surface area contributed by atoms with E-state index in [-0.39, 0.29) is 32.1 Å². The maximum atomic E-state index is 15.9. The maximum absolute atomic E-state index is 15.9. The summed E-state index contributed by atoms with van der Waals surface area (Å²) in [5.74, 6) is 1.26. The number of carbonyl (C=O) groups is 1. The number of rotatable bonds is 20. The lowest BCUT2D eigenvalue weighted by atomic mass is 9.77. The molecule has 1 fully saturated rings. The van der Waals surface area contributed by atoms with Gasteiger partial charge in [0, 0.05) is 24.2 Å². The molecule has 8 N–H and O–H groups in total. The molecule has 0 atom stereocenters. The number of hydrogen-bond acceptors (Lipinski definition) is 7. The van der Waals surface area contributed by atoms with Gasteiger partial charge >= 0.3 is 5.97 Å². The van der Waals surface area contributed by atoms with Crippen molar-refractivity contribution in [2.45, 2.75) is 96.8 Å². The molecule has 46 heavy (non-hydrogen) atoms. The van der Waals surface area contributed by atoms with E-state index >= 15 is 4.39 Å². The highest BCUT2D eigenvalue weighted by Crippen LogP contribution is 2.40. The molecule has 0 amide bonds. The van der Waals surface area contributed by atoms with Crippen LogP contribution in [0.3, 0.4) is 0 Å². The van der Waals surface area contributed by atoms with E-state index in [9.17, 15) is 4.79 Å². The number of nitrogens with two attached hydrogens (primary N) is 4. The summed E-state index contributed by atoms with van der Waals surface area (Å²) in [7, 11) is 0. The zero-order chi connectivity index (χ0) is 33.5. The van der Waals surface area contributed by atoms with Crippen LogP contribution in [0.15, 0.2) is 42.5 Å². The van der Waals surface area contributed by atoms with Crippen molar-refractivity contribution in [2.24, 2.45) is 34.3 Å². The number of esters is 1. The highest BCUT2D eigenvalue weighted by molar-refractivity contribution is 5.86. The molecule has 0 aliphatic heterocycles. The van der Waals surface area contributed by atoms with E-state index in [2.05, 4.69) is 19.6 Å². The number of aryl methyl sites for hydroxylation is 2. The average Bonchev–Trinajstić information content (AvgIpc) is 3.07. The van der Waals surface area contributed by atoms with E-state index in [4.69, 9.17) is 32.4 Å². The van der Waals surface area contributed by atoms with Crippen LogP contribution in [0.25, 0.3) is 11.1 Å². The van der Waals surface area contributed by atoms with Crippen molar-refractivity contribution >= 4 is 5.97 Å². The maximum Gasteiger partial charge on any atom is 0.333 e. The van der Waals surface area contributed by atoms with Crippen molar-refractivity contribution in [3.8, 4) is 16.9 Å². The molecular weight excluding hydrogens is 579 g/mol. The van der Waals surface area contributed by atoms with Crippen LogP contribution in [-0.2, 0) is 22.4 Å². The smallest absolute Gasteiger partial charge is 0.333 e. The molecule has 0 bridgehead atoms. The van der Waals surface area contributed by atoms with Crippen molar-refractivity contribution in [2.75, 3.05) is 39.4 Å². The summed E-state index contributed by atoms with van der Waals surface area (Å²) in [6, 6.07) is 9.85. The normalized spacial score (nSPS) is 16.8. The number of hydrogen-bond donors (Lipinski definition) is 4. The number of ether oxygens (including phenoxy) is 2. The summed E-state index contributed by atoms with van der Waals surface area (Å²) in [6.45, 7) is 9.01. The van der Waals surface area contributed by atoms with Crippen LogP contribution >= 0.6 is 0 Å². The quantitative estimate of drug-likeness (QED) is 0.0734. The summed E-state index contributed by atoms with van der Waals surface area (Å²) in [6.07, 6.45) is 12.8. The van der Waals surface area contributed by atoms with Gasteiger partial charge in [-0.2, -0.15) is 0 Å². The predicted molar refractivity (Wildman–Crippen MR) is 187 cm³/mol. The van der Waals surface area contributed by atoms with Gasteiger partial charge in [-0.1, -0.05) is 51.3 Å². The van der Waals surface area contributed by atoms with E-state index in [1.54, 1.807) is 13.0 Å². The molecule has 8 heteroatoms. The van der Waals surface area contributed by atoms with Gasteiger partial charge in [0.15, 0.2) is 0 Å². The molecule has 1 aliphatic rings. The summed E-state index contributed by atoms with van der Waals surface area (Å²) in [4.78, 5) is 12.1. The van der Waals surface area contributed by atoms with E-state index in [1.165, 1.54) is 38.5 Å². The number of halogens is 1. The minimum absolute atomic E-state index is 0.0120. The van der Waals surface area contributed by atoms with Crippen LogP contribution < -0.4 is 27.7 Å². The summed E-state index contributed by atoms with van der Waals surface area (Å²) in [5.41, 5.74) is 28.0. The van der Waals surface area contributed by atoms with Crippen LogP contribution in [0.1, 0.15) is 101 Å². The minimum atomic E-state index is -0.781. The summed E-state index contributed by atoms with van der Waals surface area (Å²) in [5, 5.41) is 0. The molecule has 0 saturated heterocycles. The van der Waals surface area contributed by atoms with Gasteiger partial charge < -0.3 is 32.4 Å². The van der Waals surface area contributed by atoms with Gasteiger partial charge in [0.2, 0.25) is 0 Å². The lowest BCUT2D eigenvalue weighted by molar-refractivity contribution is -0.142. The topological polar surface area (TPSA) is 140 Å². The Kier molecular flexibility index (Phi) is 15.7. The van der Waals surface area contributed by atoms with Gasteiger partial charge in [0.25, 0.3) is 0 Å². The Morgan fingerprint density at radius 2 is 1.54 bits per heavy atom. The first-order valence-electron chi connectivity index (χ1n) is 17.4. The second-order valence-electron chi connectivity index (χ2n) is 13.4. The van der Waals surface area contributed by atoms with Gasteiger partial charge in [0.05, 0.1) is 12.0 Å². The molecule has 1 saturated carbocycles. The lowest BCUT2D eigenvalue weighted by Crippen LogP contribution is -2.47. The third-order valence-electron chi connectivity index (χ3n) is 9.63. The standard InChI is InChI=1S/C38H59FN4O3/c1-4-5-6-9-28-12-14-29(15-13-28)30-16-17-34(35(39)22-30)33-20-31(10-7-18-40)36(32(21-33)11-8-19-41)45-25-38(23-42,24-43)26-46-37(44)27(2)3/h16-17,20-22,28-29H,2,4-15,18-19,23-26,40-43H2,1,3H3. The van der Waals surface area contributed by atoms with Crippen molar-refractivity contribution in [1.82, 2.24) is 0 Å². The predicted octanol–water partition coefficient (Wildman–Crippen LogP) is 6.53. The van der Waals surface area contributed by atoms with Crippen LogP contribution in [0.5, 0.6) is 5.75 Å². The Bertz CT molecular complexity index is 1230. The van der Waals surface area contributed by atoms with Gasteiger partial charge in [-0.3, -0.25) is 0 Å². The van der Waals surface area contributed by atoms with Crippen molar-refractivity contribution < 1.29 is 18.7 Å². The van der Waals surface area contributed by atoms with Crippen LogP contribution in [0, 0.1) is 17.2 Å². The van der Waals surface area contributed by atoms with E-state index < -0.39 is 11.4 Å². The first-order chi connectivity index (χ1) is 22.2. The molecule has 0 spiro atoms. The first-order valence-corrected chi connectivity index (χ1v) is 17.4. The molecule has 7 nitrogen and oxygen atoms in total. The third-order valence-corrected chi connectivity index (χ3v) is 9.63. The summed E-state index contributed by atoms with van der Waals surface area (Å²) >= 11 is 0. The highest BCUT2D eigenvalue weighted by Gasteiger charge is 2.32. The fourth-order valence-corrected chi connectivity index (χ4v) is 6.47. The Morgan fingerprint density at radius 3 is 2.07 bits per heavy atom. The van der Waals surface area contributed by atoms with Crippen molar-refractivity contribution in [3.63, 3.8) is 0 Å². The Balaban J connectivity index is 1.88. The molecule has 0 unspecified atom stereocenters. The molecule has 0 heterocycles. The van der Waals surface area contributed by atoms with E-state index in [1.807, 2.05) is 18.2 Å². The molecule has 1 aliphatic carbocycles. The fourth-order valence-electron chi connectivity index (χ4n) is 6.47. The second-order valence-corrected chi connectivity index (χ2v) is 13.4. The van der Waals surface area contributed by atoms with E-state index in [0.717, 1.165) is 59.6 Å². The molecule has 2 aromatic carbocycles. The molecule has 0 radical (unpaired) electrons. The van der Waals surface area contributed by atoms with Gasteiger partial charge in [0.1, 0.15) is 18.2 Å². The van der Waals surface area contributed by atoms with Gasteiger partial charge in [-0.15, -0.1) is 0 Å². The fraction of sp³-hybridized carbons (Fsp3) is 0.605. The SMILES string of the molecule is C=C(C)C(=O)OCC(CN)(CN)COc1c(CCCN)cc(-c2ccc(C3CCC(CCCCC)CC3)cc2F)cc1CCCN. The zero-order valence-electron chi connectivity index (χ0n) is 28.4. The monoisotopic (exact) mass is 638 g/mol. The van der Waals surface area contributed by atoms with Crippen LogP contribution in [0.4, 0.5) is 4.39 Å². The number of carbonyl (C=O) groups excluding carboxylic acids is 1. The first kappa shape index (κ1) is 37.7. The second kappa shape index (κ2) is 19.1. The summed E-state index contributed by atoms with van der Waals surface area (Å²) < 4.78 is 27.9. The Morgan fingerprint density at radius 1 is 0.913 bits per heavy atom. The third kappa shape index (κ3) is 10.6. The molecular formula is C38H59FN4O3. The van der Waals surface area contributed by atoms with Crippen LogP contribution in [-0.4, -0.2) is 45.4 Å². The molecule has 0 aromatic heterocycles. The van der Waals surface area contributed by atoms with Gasteiger partial charge in [-0.25, -0.2) is 9.18 Å². The zero-order valence-corrected chi connectivity index (χ0v) is 28.4. The van der Waals surface area contributed by atoms with Gasteiger partial charge in [-0.05, 0) is 124 Å².